The molecule has 1 aromatic heterocycles. The molecule has 0 unspecified atom stereocenters. The number of benzene rings is 1. The van der Waals surface area contributed by atoms with Gasteiger partial charge in [0.2, 0.25) is 0 Å². The highest BCUT2D eigenvalue weighted by Gasteiger charge is 2.15. The number of aromatic nitrogens is 1. The molecular formula is C23H36IN5O. The zero-order valence-corrected chi connectivity index (χ0v) is 20.9. The topological polar surface area (TPSA) is 65.7 Å². The Bertz CT molecular complexity index is 783. The summed E-state index contributed by atoms with van der Waals surface area (Å²) in [5.41, 5.74) is 5.15. The first-order valence-electron chi connectivity index (χ1n) is 11.0. The van der Waals surface area contributed by atoms with Crippen LogP contribution in [0.3, 0.4) is 0 Å². The summed E-state index contributed by atoms with van der Waals surface area (Å²) in [5.74, 6) is 1.81. The average Bonchev–Trinajstić information content (AvgIpc) is 3.16. The first kappa shape index (κ1) is 24.7. The van der Waals surface area contributed by atoms with Gasteiger partial charge in [0.25, 0.3) is 0 Å². The Morgan fingerprint density at radius 1 is 1.13 bits per heavy atom. The van der Waals surface area contributed by atoms with Gasteiger partial charge in [-0.15, -0.1) is 24.0 Å². The molecule has 2 aromatic rings. The molecule has 0 saturated carbocycles. The molecule has 0 saturated heterocycles. The van der Waals surface area contributed by atoms with Gasteiger partial charge < -0.3 is 15.2 Å². The Hall–Kier alpha value is -1.61. The van der Waals surface area contributed by atoms with Crippen molar-refractivity contribution in [2.75, 3.05) is 26.2 Å². The molecule has 0 spiro atoms. The second-order valence-corrected chi connectivity index (χ2v) is 7.51. The van der Waals surface area contributed by atoms with Crippen molar-refractivity contribution in [2.45, 2.75) is 59.5 Å². The maximum Gasteiger partial charge on any atom is 0.191 e. The molecule has 0 radical (unpaired) electrons. The highest BCUT2D eigenvalue weighted by atomic mass is 127. The summed E-state index contributed by atoms with van der Waals surface area (Å²) in [6.07, 6.45) is 3.98. The van der Waals surface area contributed by atoms with Crippen LogP contribution in [0.5, 0.6) is 0 Å². The number of fused-ring (bicyclic) bond motifs is 1. The summed E-state index contributed by atoms with van der Waals surface area (Å²) in [5, 5.41) is 11.0. The van der Waals surface area contributed by atoms with Gasteiger partial charge >= 0.3 is 0 Å². The van der Waals surface area contributed by atoms with E-state index < -0.39 is 0 Å². The van der Waals surface area contributed by atoms with Crippen molar-refractivity contribution in [1.82, 2.24) is 20.7 Å². The van der Waals surface area contributed by atoms with E-state index in [4.69, 9.17) is 9.52 Å². The molecule has 0 amide bonds. The van der Waals surface area contributed by atoms with Gasteiger partial charge in [0.1, 0.15) is 5.76 Å². The van der Waals surface area contributed by atoms with E-state index in [0.29, 0.717) is 6.54 Å². The van der Waals surface area contributed by atoms with Crippen molar-refractivity contribution >= 4 is 29.9 Å². The summed E-state index contributed by atoms with van der Waals surface area (Å²) >= 11 is 0. The van der Waals surface area contributed by atoms with Gasteiger partial charge in [-0.25, -0.2) is 4.99 Å². The third-order valence-corrected chi connectivity index (χ3v) is 5.50. The molecule has 0 atom stereocenters. The second kappa shape index (κ2) is 12.9. The van der Waals surface area contributed by atoms with Crippen LogP contribution in [0.15, 0.2) is 33.8 Å². The lowest BCUT2D eigenvalue weighted by Gasteiger charge is -2.28. The van der Waals surface area contributed by atoms with Crippen LogP contribution in [0.1, 0.15) is 55.3 Å². The number of hydrogen-bond donors (Lipinski definition) is 2. The summed E-state index contributed by atoms with van der Waals surface area (Å²) in [7, 11) is 0. The van der Waals surface area contributed by atoms with E-state index in [1.807, 2.05) is 0 Å². The monoisotopic (exact) mass is 525 g/mol. The largest absolute Gasteiger partial charge is 0.361 e. The normalized spacial score (nSPS) is 14.2. The Labute approximate surface area is 197 Å². The minimum Gasteiger partial charge on any atom is -0.361 e. The molecule has 0 bridgehead atoms. The van der Waals surface area contributed by atoms with Crippen molar-refractivity contribution < 1.29 is 4.52 Å². The molecule has 166 valence electrons. The van der Waals surface area contributed by atoms with Crippen LogP contribution >= 0.6 is 24.0 Å². The lowest BCUT2D eigenvalue weighted by molar-refractivity contribution is 0.251. The predicted molar refractivity (Wildman–Crippen MR) is 134 cm³/mol. The van der Waals surface area contributed by atoms with Crippen LogP contribution < -0.4 is 10.6 Å². The summed E-state index contributed by atoms with van der Waals surface area (Å²) in [6.45, 7) is 12.0. The molecule has 1 aliphatic rings. The molecule has 30 heavy (non-hydrogen) atoms. The first-order chi connectivity index (χ1) is 14.2. The zero-order valence-electron chi connectivity index (χ0n) is 18.5. The van der Waals surface area contributed by atoms with Gasteiger partial charge in [0.15, 0.2) is 5.96 Å². The van der Waals surface area contributed by atoms with E-state index in [1.165, 1.54) is 11.1 Å². The number of aryl methyl sites for hydroxylation is 2. The van der Waals surface area contributed by atoms with E-state index in [9.17, 15) is 0 Å². The van der Waals surface area contributed by atoms with E-state index in [1.54, 1.807) is 0 Å². The zero-order chi connectivity index (χ0) is 20.5. The van der Waals surface area contributed by atoms with Crippen LogP contribution in [0.2, 0.25) is 0 Å². The lowest BCUT2D eigenvalue weighted by Crippen LogP contribution is -2.39. The quantitative estimate of drug-likeness (QED) is 0.225. The van der Waals surface area contributed by atoms with E-state index >= 15 is 0 Å². The Kier molecular flexibility index (Phi) is 10.6. The highest BCUT2D eigenvalue weighted by molar-refractivity contribution is 14.0. The Balaban J connectivity index is 0.00000320. The summed E-state index contributed by atoms with van der Waals surface area (Å²) < 4.78 is 5.45. The van der Waals surface area contributed by atoms with Gasteiger partial charge in [-0.05, 0) is 37.3 Å². The molecular weight excluding hydrogens is 489 g/mol. The SMILES string of the molecule is CCNC(=NCc1c(CC)noc1CC)NCCCN1CCc2ccccc2C1.I. The maximum atomic E-state index is 5.45. The summed E-state index contributed by atoms with van der Waals surface area (Å²) in [4.78, 5) is 7.32. The van der Waals surface area contributed by atoms with E-state index in [2.05, 4.69) is 65.7 Å². The third-order valence-electron chi connectivity index (χ3n) is 5.50. The number of hydrogen-bond acceptors (Lipinski definition) is 4. The average molecular weight is 525 g/mol. The molecule has 7 heteroatoms. The fourth-order valence-corrected chi connectivity index (χ4v) is 3.87. The molecule has 2 N–H and O–H groups in total. The second-order valence-electron chi connectivity index (χ2n) is 7.51. The van der Waals surface area contributed by atoms with E-state index in [-0.39, 0.29) is 24.0 Å². The predicted octanol–water partition coefficient (Wildman–Crippen LogP) is 3.92. The highest BCUT2D eigenvalue weighted by Crippen LogP contribution is 2.18. The third kappa shape index (κ3) is 6.70. The van der Waals surface area contributed by atoms with Crippen LogP contribution in [-0.4, -0.2) is 42.2 Å². The molecule has 3 rings (SSSR count). The van der Waals surface area contributed by atoms with Crippen molar-refractivity contribution in [3.63, 3.8) is 0 Å². The van der Waals surface area contributed by atoms with Crippen LogP contribution in [0.4, 0.5) is 0 Å². The number of guanidine groups is 1. The van der Waals surface area contributed by atoms with Crippen molar-refractivity contribution in [1.29, 1.82) is 0 Å². The smallest absolute Gasteiger partial charge is 0.191 e. The van der Waals surface area contributed by atoms with Gasteiger partial charge in [0.05, 0.1) is 12.2 Å². The number of nitrogens with one attached hydrogen (secondary N) is 2. The minimum atomic E-state index is 0. The van der Waals surface area contributed by atoms with Crippen LogP contribution in [0, 0.1) is 0 Å². The number of nitrogens with zero attached hydrogens (tertiary/aromatic N) is 3. The lowest BCUT2D eigenvalue weighted by atomic mass is 10.00. The number of rotatable bonds is 9. The van der Waals surface area contributed by atoms with Gasteiger partial charge in [-0.1, -0.05) is 43.3 Å². The molecule has 6 nitrogen and oxygen atoms in total. The standard InChI is InChI=1S/C23H35N5O.HI/c1-4-21-20(22(5-2)29-27-21)16-26-23(24-6-3)25-13-9-14-28-15-12-18-10-7-8-11-19(18)17-28;/h7-8,10-11H,4-6,9,12-17H2,1-3H3,(H2,24,25,26);1H. The fraction of sp³-hybridized carbons (Fsp3) is 0.565. The van der Waals surface area contributed by atoms with Crippen LogP contribution in [-0.2, 0) is 32.4 Å². The maximum absolute atomic E-state index is 5.45. The minimum absolute atomic E-state index is 0. The summed E-state index contributed by atoms with van der Waals surface area (Å²) in [6, 6.07) is 8.81. The molecule has 1 aliphatic heterocycles. The Morgan fingerprint density at radius 2 is 1.93 bits per heavy atom. The van der Waals surface area contributed by atoms with Gasteiger partial charge in [-0.3, -0.25) is 4.90 Å². The molecule has 1 aromatic carbocycles. The first-order valence-corrected chi connectivity index (χ1v) is 11.0. The molecule has 0 fully saturated rings. The van der Waals surface area contributed by atoms with Crippen molar-refractivity contribution in [2.24, 2.45) is 4.99 Å². The number of halogens is 1. The molecule has 2 heterocycles. The Morgan fingerprint density at radius 3 is 2.67 bits per heavy atom. The van der Waals surface area contributed by atoms with Gasteiger partial charge in [-0.2, -0.15) is 0 Å². The van der Waals surface area contributed by atoms with Crippen LogP contribution in [0.25, 0.3) is 0 Å². The van der Waals surface area contributed by atoms with E-state index in [0.717, 1.165) is 81.4 Å². The van der Waals surface area contributed by atoms with Gasteiger partial charge in [0, 0.05) is 44.7 Å². The van der Waals surface area contributed by atoms with Crippen molar-refractivity contribution in [3.05, 3.63) is 52.4 Å². The van der Waals surface area contributed by atoms with Crippen molar-refractivity contribution in [3.8, 4) is 0 Å². The molecule has 0 aliphatic carbocycles. The fourth-order valence-electron chi connectivity index (χ4n) is 3.87. The number of aliphatic imine (C=N–C) groups is 1.